The van der Waals surface area contributed by atoms with Crippen molar-refractivity contribution in [2.75, 3.05) is 0 Å². The van der Waals surface area contributed by atoms with E-state index in [2.05, 4.69) is 6.92 Å². The Kier molecular flexibility index (Phi) is 5.50. The highest BCUT2D eigenvalue weighted by atomic mass is 16.5. The van der Waals surface area contributed by atoms with Crippen molar-refractivity contribution < 1.29 is 14.3 Å². The second-order valence-corrected chi connectivity index (χ2v) is 4.74. The molecule has 1 rings (SSSR count). The van der Waals surface area contributed by atoms with Gasteiger partial charge in [0.05, 0.1) is 5.92 Å². The number of esters is 1. The zero-order chi connectivity index (χ0) is 12.0. The molecule has 0 amide bonds. The van der Waals surface area contributed by atoms with Gasteiger partial charge in [0.2, 0.25) is 0 Å². The largest absolute Gasteiger partial charge is 0.462 e. The van der Waals surface area contributed by atoms with Crippen molar-refractivity contribution in [1.29, 1.82) is 0 Å². The van der Waals surface area contributed by atoms with E-state index in [-0.39, 0.29) is 23.8 Å². The highest BCUT2D eigenvalue weighted by Crippen LogP contribution is 2.20. The van der Waals surface area contributed by atoms with Crippen molar-refractivity contribution in [3.63, 3.8) is 0 Å². The number of hydrogen-bond donors (Lipinski definition) is 0. The molecule has 0 saturated heterocycles. The van der Waals surface area contributed by atoms with Gasteiger partial charge in [0, 0.05) is 12.8 Å². The van der Waals surface area contributed by atoms with Gasteiger partial charge < -0.3 is 4.74 Å². The summed E-state index contributed by atoms with van der Waals surface area (Å²) in [5.74, 6) is 0.0643. The van der Waals surface area contributed by atoms with E-state index in [1.165, 1.54) is 12.8 Å². The third-order valence-electron chi connectivity index (χ3n) is 3.13. The van der Waals surface area contributed by atoms with Crippen LogP contribution in [0.15, 0.2) is 0 Å². The first-order valence-electron chi connectivity index (χ1n) is 6.35. The van der Waals surface area contributed by atoms with E-state index in [4.69, 9.17) is 4.74 Å². The van der Waals surface area contributed by atoms with Crippen LogP contribution in [0.3, 0.4) is 0 Å². The second-order valence-electron chi connectivity index (χ2n) is 4.74. The highest BCUT2D eigenvalue weighted by molar-refractivity contribution is 5.82. The SMILES string of the molecule is CCCCCC(C)C(=O)OC1CCC(=O)C1. The number of carbonyl (C=O) groups excluding carboxylic acids is 2. The Bertz CT molecular complexity index is 248. The molecule has 3 nitrogen and oxygen atoms in total. The van der Waals surface area contributed by atoms with Gasteiger partial charge in [-0.3, -0.25) is 9.59 Å². The molecule has 0 radical (unpaired) electrons. The van der Waals surface area contributed by atoms with Crippen molar-refractivity contribution >= 4 is 11.8 Å². The molecular weight excluding hydrogens is 204 g/mol. The van der Waals surface area contributed by atoms with Crippen LogP contribution in [0.4, 0.5) is 0 Å². The molecule has 0 aromatic heterocycles. The van der Waals surface area contributed by atoms with Crippen molar-refractivity contribution in [2.45, 2.75) is 64.9 Å². The standard InChI is InChI=1S/C13H22O3/c1-3-4-5-6-10(2)13(15)16-12-8-7-11(14)9-12/h10,12H,3-9H2,1-2H3. The molecule has 1 fully saturated rings. The minimum absolute atomic E-state index is 0.0257. The van der Waals surface area contributed by atoms with Crippen molar-refractivity contribution in [3.8, 4) is 0 Å². The fourth-order valence-corrected chi connectivity index (χ4v) is 1.98. The molecule has 3 heteroatoms. The summed E-state index contributed by atoms with van der Waals surface area (Å²) in [6.45, 7) is 4.06. The average molecular weight is 226 g/mol. The lowest BCUT2D eigenvalue weighted by Gasteiger charge is -2.15. The predicted octanol–water partition coefficient (Wildman–Crippen LogP) is 2.87. The van der Waals surface area contributed by atoms with Crippen LogP contribution in [0.2, 0.25) is 0 Å². The van der Waals surface area contributed by atoms with Gasteiger partial charge in [-0.25, -0.2) is 0 Å². The molecule has 0 heterocycles. The van der Waals surface area contributed by atoms with Gasteiger partial charge in [0.25, 0.3) is 0 Å². The van der Waals surface area contributed by atoms with Crippen LogP contribution in [0.25, 0.3) is 0 Å². The maximum atomic E-state index is 11.7. The minimum Gasteiger partial charge on any atom is -0.462 e. The zero-order valence-corrected chi connectivity index (χ0v) is 10.3. The van der Waals surface area contributed by atoms with E-state index in [1.54, 1.807) is 0 Å². The van der Waals surface area contributed by atoms with Crippen LogP contribution in [-0.4, -0.2) is 17.9 Å². The smallest absolute Gasteiger partial charge is 0.308 e. The molecule has 0 aromatic rings. The lowest BCUT2D eigenvalue weighted by Crippen LogP contribution is -2.21. The van der Waals surface area contributed by atoms with Crippen LogP contribution in [0.1, 0.15) is 58.8 Å². The predicted molar refractivity (Wildman–Crippen MR) is 62.0 cm³/mol. The van der Waals surface area contributed by atoms with Crippen LogP contribution in [-0.2, 0) is 14.3 Å². The number of rotatable bonds is 6. The minimum atomic E-state index is -0.145. The Labute approximate surface area is 97.5 Å². The number of unbranched alkanes of at least 4 members (excludes halogenated alkanes) is 2. The van der Waals surface area contributed by atoms with Crippen LogP contribution >= 0.6 is 0 Å². The van der Waals surface area contributed by atoms with E-state index in [1.807, 2.05) is 6.92 Å². The number of ether oxygens (including phenoxy) is 1. The number of Topliss-reactive ketones (excluding diaryl/α,β-unsaturated/α-hetero) is 1. The van der Waals surface area contributed by atoms with E-state index in [9.17, 15) is 9.59 Å². The lowest BCUT2D eigenvalue weighted by molar-refractivity contribution is -0.153. The van der Waals surface area contributed by atoms with E-state index in [0.29, 0.717) is 19.3 Å². The fraction of sp³-hybridized carbons (Fsp3) is 0.846. The zero-order valence-electron chi connectivity index (χ0n) is 10.3. The summed E-state index contributed by atoms with van der Waals surface area (Å²) in [5.41, 5.74) is 0. The molecule has 0 spiro atoms. The van der Waals surface area contributed by atoms with Gasteiger partial charge in [0.15, 0.2) is 0 Å². The van der Waals surface area contributed by atoms with E-state index in [0.717, 1.165) is 12.8 Å². The van der Waals surface area contributed by atoms with Crippen LogP contribution in [0.5, 0.6) is 0 Å². The molecule has 16 heavy (non-hydrogen) atoms. The van der Waals surface area contributed by atoms with Crippen molar-refractivity contribution in [1.82, 2.24) is 0 Å². The van der Waals surface area contributed by atoms with Gasteiger partial charge in [-0.15, -0.1) is 0 Å². The van der Waals surface area contributed by atoms with Crippen LogP contribution < -0.4 is 0 Å². The summed E-state index contributed by atoms with van der Waals surface area (Å²) in [4.78, 5) is 22.7. The highest BCUT2D eigenvalue weighted by Gasteiger charge is 2.26. The van der Waals surface area contributed by atoms with Crippen molar-refractivity contribution in [3.05, 3.63) is 0 Å². The summed E-state index contributed by atoms with van der Waals surface area (Å²) >= 11 is 0. The number of hydrogen-bond acceptors (Lipinski definition) is 3. The fourth-order valence-electron chi connectivity index (χ4n) is 1.98. The molecule has 1 saturated carbocycles. The molecule has 2 atom stereocenters. The van der Waals surface area contributed by atoms with Gasteiger partial charge in [-0.05, 0) is 12.8 Å². The molecule has 0 N–H and O–H groups in total. The molecule has 2 unspecified atom stereocenters. The first-order chi connectivity index (χ1) is 7.63. The first-order valence-corrected chi connectivity index (χ1v) is 6.35. The average Bonchev–Trinajstić information content (AvgIpc) is 2.64. The second kappa shape index (κ2) is 6.66. The summed E-state index contributed by atoms with van der Waals surface area (Å²) in [7, 11) is 0. The van der Waals surface area contributed by atoms with Crippen LogP contribution in [0, 0.1) is 5.92 Å². The number of ketones is 1. The monoisotopic (exact) mass is 226 g/mol. The maximum Gasteiger partial charge on any atom is 0.308 e. The molecule has 0 aliphatic heterocycles. The van der Waals surface area contributed by atoms with Gasteiger partial charge in [-0.1, -0.05) is 33.1 Å². The summed E-state index contributed by atoms with van der Waals surface area (Å²) < 4.78 is 5.31. The Morgan fingerprint density at radius 3 is 2.81 bits per heavy atom. The lowest BCUT2D eigenvalue weighted by atomic mass is 10.0. The van der Waals surface area contributed by atoms with Gasteiger partial charge in [0.1, 0.15) is 11.9 Å². The Balaban J connectivity index is 2.20. The van der Waals surface area contributed by atoms with Gasteiger partial charge in [-0.2, -0.15) is 0 Å². The number of carbonyl (C=O) groups is 2. The molecule has 0 bridgehead atoms. The van der Waals surface area contributed by atoms with Crippen molar-refractivity contribution in [2.24, 2.45) is 5.92 Å². The third-order valence-corrected chi connectivity index (χ3v) is 3.13. The molecular formula is C13H22O3. The van der Waals surface area contributed by atoms with E-state index >= 15 is 0 Å². The Hall–Kier alpha value is -0.860. The molecule has 1 aliphatic carbocycles. The molecule has 0 aromatic carbocycles. The summed E-state index contributed by atoms with van der Waals surface area (Å²) in [5, 5.41) is 0. The Morgan fingerprint density at radius 1 is 1.50 bits per heavy atom. The topological polar surface area (TPSA) is 43.4 Å². The quantitative estimate of drug-likeness (QED) is 0.516. The molecule has 92 valence electrons. The normalized spacial score (nSPS) is 22.1. The Morgan fingerprint density at radius 2 is 2.25 bits per heavy atom. The molecule has 1 aliphatic rings. The maximum absolute atomic E-state index is 11.7. The summed E-state index contributed by atoms with van der Waals surface area (Å²) in [6, 6.07) is 0. The van der Waals surface area contributed by atoms with E-state index < -0.39 is 0 Å². The third kappa shape index (κ3) is 4.33. The van der Waals surface area contributed by atoms with Gasteiger partial charge >= 0.3 is 5.97 Å². The summed E-state index contributed by atoms with van der Waals surface area (Å²) in [6.07, 6.45) is 5.87. The first kappa shape index (κ1) is 13.2.